The molecule has 1 saturated heterocycles. The Labute approximate surface area is 136 Å². The van der Waals surface area contributed by atoms with Gasteiger partial charge in [0.15, 0.2) is 0 Å². The lowest BCUT2D eigenvalue weighted by Gasteiger charge is -2.24. The minimum Gasteiger partial charge on any atom is -0.334 e. The van der Waals surface area contributed by atoms with Gasteiger partial charge in [-0.1, -0.05) is 0 Å². The number of carbonyl (C=O) groups is 1. The van der Waals surface area contributed by atoms with Crippen LogP contribution in [0, 0.1) is 0 Å². The van der Waals surface area contributed by atoms with Crippen molar-refractivity contribution in [3.05, 3.63) is 36.4 Å². The van der Waals surface area contributed by atoms with E-state index in [9.17, 15) is 4.79 Å². The van der Waals surface area contributed by atoms with Gasteiger partial charge < -0.3 is 10.2 Å². The van der Waals surface area contributed by atoms with Crippen molar-refractivity contribution in [3.8, 4) is 0 Å². The van der Waals surface area contributed by atoms with E-state index in [1.165, 1.54) is 0 Å². The van der Waals surface area contributed by atoms with E-state index >= 15 is 0 Å². The SMILES string of the molecule is CC(C)n1cc(CNC(=O)N2CCCC2Cn2cccn2)cn1. The number of urea groups is 1. The van der Waals surface area contributed by atoms with Gasteiger partial charge in [-0.3, -0.25) is 9.36 Å². The van der Waals surface area contributed by atoms with Crippen LogP contribution in [-0.4, -0.2) is 43.1 Å². The molecule has 1 atom stereocenters. The predicted octanol–water partition coefficient (Wildman–Crippen LogP) is 2.03. The van der Waals surface area contributed by atoms with Crippen LogP contribution in [0.2, 0.25) is 0 Å². The van der Waals surface area contributed by atoms with Gasteiger partial charge in [0.05, 0.1) is 18.8 Å². The molecule has 1 aliphatic heterocycles. The molecule has 0 bridgehead atoms. The van der Waals surface area contributed by atoms with Crippen molar-refractivity contribution < 1.29 is 4.79 Å². The summed E-state index contributed by atoms with van der Waals surface area (Å²) in [6.45, 7) is 6.24. The fourth-order valence-electron chi connectivity index (χ4n) is 2.95. The lowest BCUT2D eigenvalue weighted by molar-refractivity contribution is 0.185. The van der Waals surface area contributed by atoms with Gasteiger partial charge in [-0.05, 0) is 32.8 Å². The molecule has 0 aromatic carbocycles. The van der Waals surface area contributed by atoms with Gasteiger partial charge in [-0.15, -0.1) is 0 Å². The summed E-state index contributed by atoms with van der Waals surface area (Å²) in [6, 6.07) is 2.45. The van der Waals surface area contributed by atoms with E-state index in [0.717, 1.165) is 31.5 Å². The second kappa shape index (κ2) is 6.85. The number of nitrogens with zero attached hydrogens (tertiary/aromatic N) is 5. The van der Waals surface area contributed by atoms with Crippen molar-refractivity contribution in [3.63, 3.8) is 0 Å². The van der Waals surface area contributed by atoms with Crippen LogP contribution in [0.25, 0.3) is 0 Å². The summed E-state index contributed by atoms with van der Waals surface area (Å²) in [4.78, 5) is 14.4. The third-order valence-electron chi connectivity index (χ3n) is 4.22. The molecule has 1 aliphatic rings. The standard InChI is InChI=1S/C16H24N6O/c1-13(2)22-11-14(10-19-22)9-17-16(23)21-8-3-5-15(21)12-20-7-4-6-18-20/h4,6-7,10-11,13,15H,3,5,8-9,12H2,1-2H3,(H,17,23). The molecule has 3 rings (SSSR count). The van der Waals surface area contributed by atoms with E-state index < -0.39 is 0 Å². The molecule has 0 radical (unpaired) electrons. The quantitative estimate of drug-likeness (QED) is 0.918. The molecule has 1 fully saturated rings. The first-order chi connectivity index (χ1) is 11.1. The average molecular weight is 316 g/mol. The van der Waals surface area contributed by atoms with E-state index in [2.05, 4.69) is 29.4 Å². The molecular weight excluding hydrogens is 292 g/mol. The van der Waals surface area contributed by atoms with E-state index in [0.29, 0.717) is 12.6 Å². The zero-order chi connectivity index (χ0) is 16.2. The molecule has 0 saturated carbocycles. The zero-order valence-electron chi connectivity index (χ0n) is 13.7. The lowest BCUT2D eigenvalue weighted by atomic mass is 10.2. The van der Waals surface area contributed by atoms with Crippen LogP contribution in [0.3, 0.4) is 0 Å². The highest BCUT2D eigenvalue weighted by atomic mass is 16.2. The molecule has 124 valence electrons. The monoisotopic (exact) mass is 316 g/mol. The highest BCUT2D eigenvalue weighted by molar-refractivity contribution is 5.74. The summed E-state index contributed by atoms with van der Waals surface area (Å²) >= 11 is 0. The third-order valence-corrected chi connectivity index (χ3v) is 4.22. The van der Waals surface area contributed by atoms with Crippen LogP contribution < -0.4 is 5.32 Å². The first-order valence-corrected chi connectivity index (χ1v) is 8.18. The Hall–Kier alpha value is -2.31. The van der Waals surface area contributed by atoms with Gasteiger partial charge in [0.1, 0.15) is 0 Å². The third kappa shape index (κ3) is 3.72. The van der Waals surface area contributed by atoms with Crippen LogP contribution in [0.5, 0.6) is 0 Å². The summed E-state index contributed by atoms with van der Waals surface area (Å²) < 4.78 is 3.79. The Kier molecular flexibility index (Phi) is 4.64. The number of aromatic nitrogens is 4. The van der Waals surface area contributed by atoms with Gasteiger partial charge in [0.25, 0.3) is 0 Å². The van der Waals surface area contributed by atoms with Crippen molar-refractivity contribution in [1.29, 1.82) is 0 Å². The Bertz CT molecular complexity index is 633. The minimum atomic E-state index is -0.00282. The summed E-state index contributed by atoms with van der Waals surface area (Å²) in [6.07, 6.45) is 9.57. The summed E-state index contributed by atoms with van der Waals surface area (Å²) in [7, 11) is 0. The van der Waals surface area contributed by atoms with Gasteiger partial charge in [-0.25, -0.2) is 4.79 Å². The second-order valence-corrected chi connectivity index (χ2v) is 6.30. The second-order valence-electron chi connectivity index (χ2n) is 6.30. The molecule has 0 spiro atoms. The number of rotatable bonds is 5. The van der Waals surface area contributed by atoms with E-state index in [1.54, 1.807) is 6.20 Å². The zero-order valence-corrected chi connectivity index (χ0v) is 13.7. The van der Waals surface area contributed by atoms with Crippen LogP contribution in [0.15, 0.2) is 30.9 Å². The van der Waals surface area contributed by atoms with Gasteiger partial charge in [0.2, 0.25) is 0 Å². The number of amides is 2. The molecule has 23 heavy (non-hydrogen) atoms. The topological polar surface area (TPSA) is 68.0 Å². The predicted molar refractivity (Wildman–Crippen MR) is 86.8 cm³/mol. The molecule has 3 heterocycles. The highest BCUT2D eigenvalue weighted by Gasteiger charge is 2.28. The molecule has 7 nitrogen and oxygen atoms in total. The normalized spacial score (nSPS) is 17.9. The fraction of sp³-hybridized carbons (Fsp3) is 0.562. The van der Waals surface area contributed by atoms with Crippen molar-refractivity contribution in [2.24, 2.45) is 0 Å². The fourth-order valence-corrected chi connectivity index (χ4v) is 2.95. The Morgan fingerprint density at radius 3 is 3.00 bits per heavy atom. The Morgan fingerprint density at radius 1 is 1.43 bits per heavy atom. The van der Waals surface area contributed by atoms with Crippen molar-refractivity contribution >= 4 is 6.03 Å². The van der Waals surface area contributed by atoms with Gasteiger partial charge >= 0.3 is 6.03 Å². The van der Waals surface area contributed by atoms with Crippen LogP contribution in [-0.2, 0) is 13.1 Å². The molecule has 2 aromatic rings. The number of carbonyl (C=O) groups excluding carboxylic acids is 1. The highest BCUT2D eigenvalue weighted by Crippen LogP contribution is 2.18. The number of nitrogens with one attached hydrogen (secondary N) is 1. The first kappa shape index (κ1) is 15.6. The number of hydrogen-bond acceptors (Lipinski definition) is 3. The average Bonchev–Trinajstić information content (AvgIpc) is 3.27. The molecule has 2 amide bonds. The molecule has 0 aliphatic carbocycles. The maximum Gasteiger partial charge on any atom is 0.317 e. The minimum absolute atomic E-state index is 0.00282. The summed E-state index contributed by atoms with van der Waals surface area (Å²) in [5.74, 6) is 0. The number of likely N-dealkylation sites (tertiary alicyclic amines) is 1. The van der Waals surface area contributed by atoms with E-state index in [-0.39, 0.29) is 12.1 Å². The van der Waals surface area contributed by atoms with Gasteiger partial charge in [-0.2, -0.15) is 10.2 Å². The van der Waals surface area contributed by atoms with Crippen molar-refractivity contribution in [2.45, 2.75) is 51.9 Å². The molecule has 1 N–H and O–H groups in total. The summed E-state index contributed by atoms with van der Waals surface area (Å²) in [5.41, 5.74) is 1.02. The smallest absolute Gasteiger partial charge is 0.317 e. The van der Waals surface area contributed by atoms with Crippen LogP contribution in [0.1, 0.15) is 38.3 Å². The molecular formula is C16H24N6O. The molecule has 2 aromatic heterocycles. The Balaban J connectivity index is 1.54. The largest absolute Gasteiger partial charge is 0.334 e. The van der Waals surface area contributed by atoms with E-state index in [4.69, 9.17) is 0 Å². The summed E-state index contributed by atoms with van der Waals surface area (Å²) in [5, 5.41) is 11.5. The molecule has 1 unspecified atom stereocenters. The lowest BCUT2D eigenvalue weighted by Crippen LogP contribution is -2.44. The maximum absolute atomic E-state index is 12.5. The first-order valence-electron chi connectivity index (χ1n) is 8.18. The van der Waals surface area contributed by atoms with Crippen molar-refractivity contribution in [1.82, 2.24) is 29.8 Å². The van der Waals surface area contributed by atoms with Crippen molar-refractivity contribution in [2.75, 3.05) is 6.54 Å². The number of hydrogen-bond donors (Lipinski definition) is 1. The van der Waals surface area contributed by atoms with Gasteiger partial charge in [0, 0.05) is 43.3 Å². The van der Waals surface area contributed by atoms with Crippen LogP contribution >= 0.6 is 0 Å². The van der Waals surface area contributed by atoms with Crippen LogP contribution in [0.4, 0.5) is 4.79 Å². The molecule has 7 heteroatoms. The maximum atomic E-state index is 12.5. The van der Waals surface area contributed by atoms with E-state index in [1.807, 2.05) is 38.9 Å². The Morgan fingerprint density at radius 2 is 2.30 bits per heavy atom.